The Bertz CT molecular complexity index is 1200. The van der Waals surface area contributed by atoms with Crippen molar-refractivity contribution in [1.82, 2.24) is 10.2 Å². The standard InChI is InChI=1S/C25H22FN3O3S/c1-16-8-12-20(13-9-16)27-23(30)22(18-6-4-3-5-7-18)33-25-29-28-24(32-25)17(2)31-21-14-10-19(26)11-15-21/h3-15,17,22H,1-2H3,(H,27,30)/t17-,22+/m0/s1. The minimum atomic E-state index is -0.603. The lowest BCUT2D eigenvalue weighted by atomic mass is 10.1. The van der Waals surface area contributed by atoms with Crippen LogP contribution in [0.4, 0.5) is 10.1 Å². The Morgan fingerprint density at radius 2 is 1.70 bits per heavy atom. The first-order chi connectivity index (χ1) is 16.0. The van der Waals surface area contributed by atoms with E-state index in [1.807, 2.05) is 61.5 Å². The third-order valence-electron chi connectivity index (χ3n) is 4.77. The third kappa shape index (κ3) is 5.98. The van der Waals surface area contributed by atoms with Gasteiger partial charge in [-0.25, -0.2) is 4.39 Å². The third-order valence-corrected chi connectivity index (χ3v) is 5.86. The van der Waals surface area contributed by atoms with Gasteiger partial charge in [-0.15, -0.1) is 10.2 Å². The molecule has 1 N–H and O–H groups in total. The Morgan fingerprint density at radius 3 is 2.39 bits per heavy atom. The van der Waals surface area contributed by atoms with Crippen LogP contribution in [0.2, 0.25) is 0 Å². The van der Waals surface area contributed by atoms with Crippen LogP contribution in [0.1, 0.15) is 35.3 Å². The number of halogens is 1. The molecular formula is C25H22FN3O3S. The van der Waals surface area contributed by atoms with E-state index in [0.717, 1.165) is 22.9 Å². The fourth-order valence-corrected chi connectivity index (χ4v) is 3.93. The SMILES string of the molecule is Cc1ccc(NC(=O)[C@H](Sc2nnc([C@H](C)Oc3ccc(F)cc3)o2)c2ccccc2)cc1. The van der Waals surface area contributed by atoms with Crippen molar-refractivity contribution in [3.05, 3.63) is 102 Å². The van der Waals surface area contributed by atoms with Gasteiger partial charge in [-0.3, -0.25) is 4.79 Å². The van der Waals surface area contributed by atoms with Crippen LogP contribution in [0.3, 0.4) is 0 Å². The summed E-state index contributed by atoms with van der Waals surface area (Å²) in [5.41, 5.74) is 2.62. The molecule has 0 aliphatic heterocycles. The first-order valence-electron chi connectivity index (χ1n) is 10.3. The molecule has 0 spiro atoms. The number of ether oxygens (including phenoxy) is 1. The maximum atomic E-state index is 13.1. The molecule has 6 nitrogen and oxygen atoms in total. The zero-order chi connectivity index (χ0) is 23.2. The molecule has 3 aromatic carbocycles. The summed E-state index contributed by atoms with van der Waals surface area (Å²) in [7, 11) is 0. The van der Waals surface area contributed by atoms with Crippen molar-refractivity contribution in [3.8, 4) is 5.75 Å². The summed E-state index contributed by atoms with van der Waals surface area (Å²) in [5.74, 6) is 0.191. The lowest BCUT2D eigenvalue weighted by Gasteiger charge is -2.15. The van der Waals surface area contributed by atoms with Crippen molar-refractivity contribution in [2.75, 3.05) is 5.32 Å². The molecule has 0 bridgehead atoms. The van der Waals surface area contributed by atoms with Crippen LogP contribution in [0.25, 0.3) is 0 Å². The van der Waals surface area contributed by atoms with Crippen LogP contribution >= 0.6 is 11.8 Å². The highest BCUT2D eigenvalue weighted by Crippen LogP contribution is 2.36. The van der Waals surface area contributed by atoms with Gasteiger partial charge in [0.2, 0.25) is 5.91 Å². The molecule has 0 saturated carbocycles. The number of hydrogen-bond acceptors (Lipinski definition) is 6. The molecule has 0 fully saturated rings. The number of benzene rings is 3. The van der Waals surface area contributed by atoms with Crippen molar-refractivity contribution in [2.45, 2.75) is 30.4 Å². The fourth-order valence-electron chi connectivity index (χ4n) is 3.05. The average Bonchev–Trinajstić information content (AvgIpc) is 3.30. The van der Waals surface area contributed by atoms with E-state index in [4.69, 9.17) is 9.15 Å². The highest BCUT2D eigenvalue weighted by molar-refractivity contribution is 8.00. The van der Waals surface area contributed by atoms with Crippen LogP contribution in [-0.4, -0.2) is 16.1 Å². The summed E-state index contributed by atoms with van der Waals surface area (Å²) < 4.78 is 24.6. The highest BCUT2D eigenvalue weighted by atomic mass is 32.2. The van der Waals surface area contributed by atoms with Crippen LogP contribution in [0.5, 0.6) is 5.75 Å². The first kappa shape index (κ1) is 22.5. The Balaban J connectivity index is 1.49. The molecule has 33 heavy (non-hydrogen) atoms. The Labute approximate surface area is 195 Å². The Morgan fingerprint density at radius 1 is 1.00 bits per heavy atom. The zero-order valence-electron chi connectivity index (χ0n) is 18.1. The Hall–Kier alpha value is -3.65. The van der Waals surface area contributed by atoms with E-state index < -0.39 is 11.4 Å². The van der Waals surface area contributed by atoms with Gasteiger partial charge in [0.05, 0.1) is 0 Å². The van der Waals surface area contributed by atoms with Gasteiger partial charge in [-0.05, 0) is 67.6 Å². The molecule has 0 saturated heterocycles. The van der Waals surface area contributed by atoms with Crippen molar-refractivity contribution < 1.29 is 18.3 Å². The van der Waals surface area contributed by atoms with Crippen LogP contribution in [0, 0.1) is 12.7 Å². The largest absolute Gasteiger partial charge is 0.481 e. The monoisotopic (exact) mass is 463 g/mol. The van der Waals surface area contributed by atoms with E-state index in [-0.39, 0.29) is 22.8 Å². The van der Waals surface area contributed by atoms with Crippen LogP contribution in [0.15, 0.2) is 88.5 Å². The number of aryl methyl sites for hydroxylation is 1. The second-order valence-electron chi connectivity index (χ2n) is 7.38. The summed E-state index contributed by atoms with van der Waals surface area (Å²) in [5, 5.41) is 10.7. The lowest BCUT2D eigenvalue weighted by Crippen LogP contribution is -2.19. The van der Waals surface area contributed by atoms with Gasteiger partial charge in [-0.1, -0.05) is 48.0 Å². The molecule has 0 aliphatic carbocycles. The number of hydrogen-bond donors (Lipinski definition) is 1. The van der Waals surface area contributed by atoms with Gasteiger partial charge in [-0.2, -0.15) is 0 Å². The second kappa shape index (κ2) is 10.3. The number of rotatable bonds is 8. The molecule has 0 radical (unpaired) electrons. The van der Waals surface area contributed by atoms with Crippen molar-refractivity contribution in [3.63, 3.8) is 0 Å². The van der Waals surface area contributed by atoms with E-state index >= 15 is 0 Å². The molecule has 1 amide bonds. The van der Waals surface area contributed by atoms with Crippen molar-refractivity contribution in [2.24, 2.45) is 0 Å². The predicted octanol–water partition coefficient (Wildman–Crippen LogP) is 6.13. The normalized spacial score (nSPS) is 12.7. The quantitative estimate of drug-likeness (QED) is 0.317. The predicted molar refractivity (Wildman–Crippen MR) is 125 cm³/mol. The molecule has 8 heteroatoms. The van der Waals surface area contributed by atoms with Gasteiger partial charge in [0, 0.05) is 5.69 Å². The van der Waals surface area contributed by atoms with Gasteiger partial charge in [0.25, 0.3) is 11.1 Å². The first-order valence-corrected chi connectivity index (χ1v) is 11.2. The topological polar surface area (TPSA) is 77.2 Å². The lowest BCUT2D eigenvalue weighted by molar-refractivity contribution is -0.115. The second-order valence-corrected chi connectivity index (χ2v) is 8.44. The summed E-state index contributed by atoms with van der Waals surface area (Å²) in [6.07, 6.45) is -0.547. The Kier molecular flexibility index (Phi) is 7.04. The van der Waals surface area contributed by atoms with E-state index in [1.54, 1.807) is 6.92 Å². The summed E-state index contributed by atoms with van der Waals surface area (Å²) in [6, 6.07) is 22.7. The minimum absolute atomic E-state index is 0.203. The molecule has 1 aromatic heterocycles. The van der Waals surface area contributed by atoms with Gasteiger partial charge in [0.1, 0.15) is 16.8 Å². The summed E-state index contributed by atoms with van der Waals surface area (Å²) >= 11 is 1.16. The number of aromatic nitrogens is 2. The van der Waals surface area contributed by atoms with Crippen molar-refractivity contribution >= 4 is 23.4 Å². The molecule has 2 atom stereocenters. The highest BCUT2D eigenvalue weighted by Gasteiger charge is 2.26. The minimum Gasteiger partial charge on any atom is -0.481 e. The molecule has 0 unspecified atom stereocenters. The number of nitrogens with one attached hydrogen (secondary N) is 1. The number of anilines is 1. The summed E-state index contributed by atoms with van der Waals surface area (Å²) in [6.45, 7) is 3.74. The van der Waals surface area contributed by atoms with Gasteiger partial charge in [0.15, 0.2) is 6.10 Å². The zero-order valence-corrected chi connectivity index (χ0v) is 18.9. The van der Waals surface area contributed by atoms with Gasteiger partial charge >= 0.3 is 0 Å². The van der Waals surface area contributed by atoms with E-state index in [1.165, 1.54) is 24.3 Å². The van der Waals surface area contributed by atoms with E-state index in [9.17, 15) is 9.18 Å². The van der Waals surface area contributed by atoms with E-state index in [2.05, 4.69) is 15.5 Å². The number of carbonyl (C=O) groups is 1. The summed E-state index contributed by atoms with van der Waals surface area (Å²) in [4.78, 5) is 13.1. The fraction of sp³-hybridized carbons (Fsp3) is 0.160. The van der Waals surface area contributed by atoms with Crippen LogP contribution < -0.4 is 10.1 Å². The molecule has 168 valence electrons. The maximum absolute atomic E-state index is 13.1. The molecular weight excluding hydrogens is 441 g/mol. The smallest absolute Gasteiger partial charge is 0.277 e. The van der Waals surface area contributed by atoms with Crippen LogP contribution in [-0.2, 0) is 4.79 Å². The number of carbonyl (C=O) groups excluding carboxylic acids is 1. The maximum Gasteiger partial charge on any atom is 0.277 e. The molecule has 4 aromatic rings. The molecule has 4 rings (SSSR count). The molecule has 1 heterocycles. The molecule has 0 aliphatic rings. The van der Waals surface area contributed by atoms with E-state index in [0.29, 0.717) is 11.4 Å². The number of nitrogens with zero attached hydrogens (tertiary/aromatic N) is 2. The van der Waals surface area contributed by atoms with Gasteiger partial charge < -0.3 is 14.5 Å². The average molecular weight is 464 g/mol. The number of thioether (sulfide) groups is 1. The number of amides is 1. The van der Waals surface area contributed by atoms with Crippen molar-refractivity contribution in [1.29, 1.82) is 0 Å².